The van der Waals surface area contributed by atoms with E-state index in [1.54, 1.807) is 0 Å². The molecule has 0 bridgehead atoms. The minimum atomic E-state index is -0.893. The van der Waals surface area contributed by atoms with Crippen molar-refractivity contribution in [2.75, 3.05) is 0 Å². The number of aryl methyl sites for hydroxylation is 2. The third kappa shape index (κ3) is 9.43. The van der Waals surface area contributed by atoms with Crippen LogP contribution < -0.4 is 9.47 Å². The van der Waals surface area contributed by atoms with Gasteiger partial charge in [-0.15, -0.1) is 0 Å². The maximum absolute atomic E-state index is 11.8. The first-order valence-corrected chi connectivity index (χ1v) is 17.7. The Balaban J connectivity index is 0.000000152. The quantitative estimate of drug-likeness (QED) is 0.130. The zero-order valence-corrected chi connectivity index (χ0v) is 30.5. The van der Waals surface area contributed by atoms with Gasteiger partial charge in [-0.05, 0) is 92.4 Å². The third-order valence-corrected chi connectivity index (χ3v) is 8.77. The number of fused-ring (bicyclic) bond motifs is 6. The highest BCUT2D eigenvalue weighted by molar-refractivity contribution is 6.02. The molecule has 0 atom stereocenters. The van der Waals surface area contributed by atoms with Crippen molar-refractivity contribution in [1.82, 2.24) is 9.13 Å². The number of benzene rings is 4. The second-order valence-electron chi connectivity index (χ2n) is 14.0. The number of hydrogen-bond acceptors (Lipinski definition) is 6. The van der Waals surface area contributed by atoms with Gasteiger partial charge in [-0.25, -0.2) is 4.79 Å². The molecule has 0 saturated carbocycles. The number of rotatable bonds is 7. The number of nitrogens with zero attached hydrogens (tertiary/aromatic N) is 2. The lowest BCUT2D eigenvalue weighted by molar-refractivity contribution is -0.151. The largest absolute Gasteiger partial charge is 0.489 e. The molecule has 6 aromatic rings. The highest BCUT2D eigenvalue weighted by Crippen LogP contribution is 2.35. The molecule has 0 radical (unpaired) electrons. The highest BCUT2D eigenvalue weighted by Gasteiger charge is 2.22. The first kappa shape index (κ1) is 36.7. The van der Waals surface area contributed by atoms with Gasteiger partial charge in [-0.1, -0.05) is 60.7 Å². The van der Waals surface area contributed by atoms with Crippen LogP contribution in [0.4, 0.5) is 0 Å². The van der Waals surface area contributed by atoms with E-state index in [1.807, 2.05) is 130 Å². The van der Waals surface area contributed by atoms with Crippen LogP contribution in [0.3, 0.4) is 0 Å². The summed E-state index contributed by atoms with van der Waals surface area (Å²) in [4.78, 5) is 33.0. The molecule has 2 aliphatic heterocycles. The molecule has 0 fully saturated rings. The SMILES string of the molecule is CC(=O)OC(C)(C)C.O=C(O)C=C1CCn2c1cc1cc(OCc3ccccc3)ccc12.O=C1CCn2c1cc1cc(OCc3ccccc3)ccc12. The van der Waals surface area contributed by atoms with Gasteiger partial charge < -0.3 is 28.5 Å². The van der Waals surface area contributed by atoms with Gasteiger partial charge in [0.2, 0.25) is 0 Å². The van der Waals surface area contributed by atoms with Crippen LogP contribution in [0.25, 0.3) is 27.4 Å². The van der Waals surface area contributed by atoms with Gasteiger partial charge in [0.25, 0.3) is 0 Å². The Hall–Kier alpha value is -6.09. The molecule has 272 valence electrons. The Labute approximate surface area is 309 Å². The average Bonchev–Trinajstić information content (AvgIpc) is 3.88. The molecule has 2 aliphatic rings. The van der Waals surface area contributed by atoms with Crippen molar-refractivity contribution in [3.8, 4) is 11.5 Å². The van der Waals surface area contributed by atoms with Crippen molar-refractivity contribution in [2.45, 2.75) is 72.4 Å². The molecule has 0 spiro atoms. The number of carbonyl (C=O) groups excluding carboxylic acids is 2. The number of carboxylic acid groups (broad SMARTS) is 1. The van der Waals surface area contributed by atoms with Crippen LogP contribution in [0.1, 0.15) is 67.8 Å². The van der Waals surface area contributed by atoms with Gasteiger partial charge in [0, 0.05) is 60.0 Å². The maximum atomic E-state index is 11.8. The minimum absolute atomic E-state index is 0.225. The van der Waals surface area contributed by atoms with Crippen molar-refractivity contribution < 1.29 is 33.7 Å². The summed E-state index contributed by atoms with van der Waals surface area (Å²) in [6.07, 6.45) is 2.70. The molecule has 9 heteroatoms. The van der Waals surface area contributed by atoms with Crippen molar-refractivity contribution in [3.63, 3.8) is 0 Å². The van der Waals surface area contributed by atoms with Crippen molar-refractivity contribution in [1.29, 1.82) is 0 Å². The van der Waals surface area contributed by atoms with Crippen LogP contribution in [-0.2, 0) is 40.6 Å². The average molecular weight is 713 g/mol. The lowest BCUT2D eigenvalue weighted by Gasteiger charge is -2.17. The summed E-state index contributed by atoms with van der Waals surface area (Å²) in [6.45, 7) is 9.63. The molecule has 0 unspecified atom stereocenters. The van der Waals surface area contributed by atoms with E-state index in [0.717, 1.165) is 80.9 Å². The fraction of sp³-hybridized carbons (Fsp3) is 0.250. The summed E-state index contributed by atoms with van der Waals surface area (Å²) in [5, 5.41) is 11.1. The summed E-state index contributed by atoms with van der Waals surface area (Å²) < 4.78 is 20.8. The summed E-state index contributed by atoms with van der Waals surface area (Å²) in [7, 11) is 0. The number of carboxylic acids is 1. The predicted octanol–water partition coefficient (Wildman–Crippen LogP) is 9.25. The summed E-state index contributed by atoms with van der Waals surface area (Å²) in [5.41, 5.74) is 6.87. The van der Waals surface area contributed by atoms with E-state index in [-0.39, 0.29) is 17.4 Å². The number of Topliss-reactive ketones (excluding diaryl/α,β-unsaturated/α-hetero) is 1. The molecule has 0 aliphatic carbocycles. The Morgan fingerprint density at radius 3 is 1.66 bits per heavy atom. The predicted molar refractivity (Wildman–Crippen MR) is 206 cm³/mol. The van der Waals surface area contributed by atoms with Crippen LogP contribution in [0.2, 0.25) is 0 Å². The van der Waals surface area contributed by atoms with E-state index >= 15 is 0 Å². The molecule has 4 heterocycles. The first-order valence-electron chi connectivity index (χ1n) is 17.7. The number of ketones is 1. The highest BCUT2D eigenvalue weighted by atomic mass is 16.6. The van der Waals surface area contributed by atoms with E-state index in [0.29, 0.717) is 19.6 Å². The van der Waals surface area contributed by atoms with Gasteiger partial charge in [-0.2, -0.15) is 0 Å². The van der Waals surface area contributed by atoms with Gasteiger partial charge in [0.05, 0.1) is 5.69 Å². The normalized spacial score (nSPS) is 13.8. The summed E-state index contributed by atoms with van der Waals surface area (Å²) in [5.74, 6) is 0.772. The van der Waals surface area contributed by atoms with Crippen LogP contribution in [-0.4, -0.2) is 37.6 Å². The molecular formula is C44H44N2O7. The van der Waals surface area contributed by atoms with E-state index in [1.165, 1.54) is 13.0 Å². The number of ether oxygens (including phenoxy) is 3. The molecule has 53 heavy (non-hydrogen) atoms. The van der Waals surface area contributed by atoms with Crippen LogP contribution >= 0.6 is 0 Å². The van der Waals surface area contributed by atoms with Crippen molar-refractivity contribution in [2.24, 2.45) is 0 Å². The first-order chi connectivity index (χ1) is 25.4. The maximum Gasteiger partial charge on any atom is 0.328 e. The minimum Gasteiger partial charge on any atom is -0.489 e. The lowest BCUT2D eigenvalue weighted by Crippen LogP contribution is -2.21. The number of esters is 1. The number of aromatic nitrogens is 2. The van der Waals surface area contributed by atoms with Crippen LogP contribution in [0, 0.1) is 0 Å². The standard InChI is InChI=1S/C20H17NO3.C18H15NO2.C6H12O2/c22-20(23)12-15-8-9-21-18-7-6-17(10-16(18)11-19(15)21)24-13-14-4-2-1-3-5-14;20-18-8-9-19-16-7-6-15(10-14(16)11-17(18)19)21-12-13-4-2-1-3-5-13;1-5(7)8-6(2,3)4/h1-7,10-12H,8-9,13H2,(H,22,23);1-7,10-11H,8-9,12H2;1-4H3. The molecular weight excluding hydrogens is 668 g/mol. The molecule has 2 aromatic heterocycles. The second kappa shape index (κ2) is 16.1. The van der Waals surface area contributed by atoms with Gasteiger partial charge in [-0.3, -0.25) is 9.59 Å². The molecule has 0 saturated heterocycles. The fourth-order valence-corrected chi connectivity index (χ4v) is 6.57. The molecule has 0 amide bonds. The zero-order valence-electron chi connectivity index (χ0n) is 30.5. The van der Waals surface area contributed by atoms with E-state index in [4.69, 9.17) is 19.3 Å². The lowest BCUT2D eigenvalue weighted by atomic mass is 10.1. The Morgan fingerprint density at radius 1 is 0.698 bits per heavy atom. The number of allylic oxidation sites excluding steroid dienone is 1. The topological polar surface area (TPSA) is 109 Å². The van der Waals surface area contributed by atoms with Gasteiger partial charge in [0.1, 0.15) is 30.3 Å². The third-order valence-electron chi connectivity index (χ3n) is 8.77. The zero-order chi connectivity index (χ0) is 37.5. The van der Waals surface area contributed by atoms with Crippen molar-refractivity contribution in [3.05, 3.63) is 138 Å². The van der Waals surface area contributed by atoms with Crippen LogP contribution in [0.15, 0.2) is 115 Å². The monoisotopic (exact) mass is 712 g/mol. The van der Waals surface area contributed by atoms with Gasteiger partial charge in [0.15, 0.2) is 5.78 Å². The molecule has 9 nitrogen and oxygen atoms in total. The summed E-state index contributed by atoms with van der Waals surface area (Å²) >= 11 is 0. The second-order valence-corrected chi connectivity index (χ2v) is 14.0. The number of hydrogen-bond donors (Lipinski definition) is 1. The smallest absolute Gasteiger partial charge is 0.328 e. The Bertz CT molecular complexity index is 2280. The van der Waals surface area contributed by atoms with Crippen molar-refractivity contribution >= 4 is 45.1 Å². The number of carbonyl (C=O) groups is 3. The Kier molecular flexibility index (Phi) is 11.1. The van der Waals surface area contributed by atoms with E-state index in [2.05, 4.69) is 9.13 Å². The van der Waals surface area contributed by atoms with Gasteiger partial charge >= 0.3 is 11.9 Å². The molecule has 4 aromatic carbocycles. The van der Waals surface area contributed by atoms with E-state index in [9.17, 15) is 14.4 Å². The molecule has 1 N–H and O–H groups in total. The Morgan fingerprint density at radius 2 is 1.19 bits per heavy atom. The number of aliphatic carboxylic acids is 1. The fourth-order valence-electron chi connectivity index (χ4n) is 6.57. The van der Waals surface area contributed by atoms with Crippen LogP contribution in [0.5, 0.6) is 11.5 Å². The molecule has 8 rings (SSSR count). The summed E-state index contributed by atoms with van der Waals surface area (Å²) in [6, 6.07) is 36.2. The van der Waals surface area contributed by atoms with E-state index < -0.39 is 5.97 Å².